The number of carbonyl (C=O) groups is 1. The molecule has 5 rings (SSSR count). The van der Waals surface area contributed by atoms with Crippen LogP contribution in [-0.4, -0.2) is 26.7 Å². The summed E-state index contributed by atoms with van der Waals surface area (Å²) in [5.41, 5.74) is 4.19. The average molecular weight is 429 g/mol. The van der Waals surface area contributed by atoms with Crippen LogP contribution in [0.4, 0.5) is 5.69 Å². The third kappa shape index (κ3) is 3.43. The minimum absolute atomic E-state index is 0.113. The Bertz CT molecular complexity index is 1210. The number of Topliss-reactive ketones (excluding diaryl/α,β-unsaturated/α-hetero) is 1. The molecule has 0 radical (unpaired) electrons. The highest BCUT2D eigenvalue weighted by Crippen LogP contribution is 2.44. The van der Waals surface area contributed by atoms with E-state index in [1.54, 1.807) is 20.3 Å². The summed E-state index contributed by atoms with van der Waals surface area (Å²) in [6.07, 6.45) is 1.76. The number of hydrogen-bond acceptors (Lipinski definition) is 6. The van der Waals surface area contributed by atoms with Gasteiger partial charge in [0.05, 0.1) is 31.9 Å². The van der Waals surface area contributed by atoms with Gasteiger partial charge in [0.2, 0.25) is 5.78 Å². The van der Waals surface area contributed by atoms with Gasteiger partial charge in [-0.15, -0.1) is 0 Å². The van der Waals surface area contributed by atoms with Crippen LogP contribution < -0.4 is 23.8 Å². The van der Waals surface area contributed by atoms with Crippen molar-refractivity contribution in [3.8, 4) is 23.0 Å². The van der Waals surface area contributed by atoms with E-state index in [4.69, 9.17) is 18.9 Å². The van der Waals surface area contributed by atoms with E-state index in [-0.39, 0.29) is 5.78 Å². The molecule has 32 heavy (non-hydrogen) atoms. The molecule has 0 aromatic heterocycles. The lowest BCUT2D eigenvalue weighted by molar-refractivity contribution is 0.101. The number of hydrogen-bond donors (Lipinski definition) is 0. The number of methoxy groups -OCH3 is 2. The minimum atomic E-state index is -0.113. The molecule has 0 bridgehead atoms. The van der Waals surface area contributed by atoms with E-state index in [9.17, 15) is 4.79 Å². The number of anilines is 1. The van der Waals surface area contributed by atoms with Crippen molar-refractivity contribution >= 4 is 17.5 Å². The fourth-order valence-electron chi connectivity index (χ4n) is 4.04. The Kier molecular flexibility index (Phi) is 4.98. The van der Waals surface area contributed by atoms with Crippen molar-refractivity contribution in [2.75, 3.05) is 25.9 Å². The summed E-state index contributed by atoms with van der Waals surface area (Å²) in [5.74, 6) is 3.09. The van der Waals surface area contributed by atoms with Crippen molar-refractivity contribution in [2.24, 2.45) is 0 Å². The van der Waals surface area contributed by atoms with Crippen molar-refractivity contribution in [3.05, 3.63) is 82.6 Å². The first-order valence-corrected chi connectivity index (χ1v) is 10.3. The van der Waals surface area contributed by atoms with E-state index >= 15 is 0 Å². The highest BCUT2D eigenvalue weighted by Gasteiger charge is 2.35. The van der Waals surface area contributed by atoms with Crippen LogP contribution in [-0.2, 0) is 6.54 Å². The Labute approximate surface area is 186 Å². The molecule has 0 spiro atoms. The SMILES string of the molecule is COc1ccc(C=C2Oc3c4c(cc(C)c3C2=O)OCN(c2ccc(OC)cc2)C4)cc1. The summed E-state index contributed by atoms with van der Waals surface area (Å²) < 4.78 is 22.6. The molecule has 0 unspecified atom stereocenters. The van der Waals surface area contributed by atoms with Gasteiger partial charge in [0, 0.05) is 5.69 Å². The maximum absolute atomic E-state index is 13.2. The molecule has 2 aliphatic rings. The molecule has 0 atom stereocenters. The Morgan fingerprint density at radius 1 is 0.969 bits per heavy atom. The van der Waals surface area contributed by atoms with Crippen molar-refractivity contribution in [3.63, 3.8) is 0 Å². The zero-order valence-electron chi connectivity index (χ0n) is 18.2. The first kappa shape index (κ1) is 20.0. The molecule has 3 aromatic rings. The first-order valence-electron chi connectivity index (χ1n) is 10.3. The van der Waals surface area contributed by atoms with Gasteiger partial charge in [-0.1, -0.05) is 12.1 Å². The van der Waals surface area contributed by atoms with Gasteiger partial charge in [0.1, 0.15) is 23.0 Å². The molecule has 6 heteroatoms. The normalized spacial score (nSPS) is 15.7. The Hall–Kier alpha value is -3.93. The molecular weight excluding hydrogens is 406 g/mol. The van der Waals surface area contributed by atoms with Crippen LogP contribution in [0, 0.1) is 6.92 Å². The number of ether oxygens (including phenoxy) is 4. The van der Waals surface area contributed by atoms with Gasteiger partial charge in [0.15, 0.2) is 12.5 Å². The summed E-state index contributed by atoms with van der Waals surface area (Å²) in [6, 6.07) is 17.2. The first-order chi connectivity index (χ1) is 15.6. The summed E-state index contributed by atoms with van der Waals surface area (Å²) >= 11 is 0. The van der Waals surface area contributed by atoms with Gasteiger partial charge in [-0.05, 0) is 66.6 Å². The molecule has 0 saturated carbocycles. The van der Waals surface area contributed by atoms with Gasteiger partial charge in [-0.3, -0.25) is 4.79 Å². The van der Waals surface area contributed by atoms with Crippen molar-refractivity contribution < 1.29 is 23.7 Å². The highest BCUT2D eigenvalue weighted by atomic mass is 16.5. The van der Waals surface area contributed by atoms with Crippen LogP contribution in [0.3, 0.4) is 0 Å². The van der Waals surface area contributed by atoms with Crippen LogP contribution in [0.15, 0.2) is 60.4 Å². The smallest absolute Gasteiger partial charge is 0.232 e. The third-order valence-corrected chi connectivity index (χ3v) is 5.78. The molecule has 0 aliphatic carbocycles. The van der Waals surface area contributed by atoms with Gasteiger partial charge in [-0.2, -0.15) is 0 Å². The lowest BCUT2D eigenvalue weighted by Crippen LogP contribution is -2.32. The summed E-state index contributed by atoms with van der Waals surface area (Å²) in [6.45, 7) is 2.91. The largest absolute Gasteiger partial charge is 0.497 e. The topological polar surface area (TPSA) is 57.2 Å². The van der Waals surface area contributed by atoms with Gasteiger partial charge in [-0.25, -0.2) is 0 Å². The predicted molar refractivity (Wildman–Crippen MR) is 122 cm³/mol. The standard InChI is InChI=1S/C26H23NO5/c1-16-12-22-21(14-27(15-31-22)18-6-10-20(30-3)11-7-18)26-24(16)25(28)23(32-26)13-17-4-8-19(29-2)9-5-17/h4-13H,14-15H2,1-3H3. The summed E-state index contributed by atoms with van der Waals surface area (Å²) in [5, 5.41) is 0. The van der Waals surface area contributed by atoms with Crippen LogP contribution in [0.25, 0.3) is 6.08 Å². The van der Waals surface area contributed by atoms with E-state index in [1.165, 1.54) is 0 Å². The third-order valence-electron chi connectivity index (χ3n) is 5.78. The minimum Gasteiger partial charge on any atom is -0.497 e. The maximum atomic E-state index is 13.2. The lowest BCUT2D eigenvalue weighted by atomic mass is 9.98. The second kappa shape index (κ2) is 7.96. The average Bonchev–Trinajstić information content (AvgIpc) is 3.16. The van der Waals surface area contributed by atoms with Gasteiger partial charge >= 0.3 is 0 Å². The fraction of sp³-hybridized carbons (Fsp3) is 0.192. The molecule has 0 N–H and O–H groups in total. The quantitative estimate of drug-likeness (QED) is 0.545. The fourth-order valence-corrected chi connectivity index (χ4v) is 4.04. The van der Waals surface area contributed by atoms with E-state index < -0.39 is 0 Å². The van der Waals surface area contributed by atoms with Crippen LogP contribution in [0.5, 0.6) is 23.0 Å². The lowest BCUT2D eigenvalue weighted by Gasteiger charge is -2.31. The number of fused-ring (bicyclic) bond motifs is 3. The highest BCUT2D eigenvalue weighted by molar-refractivity contribution is 6.16. The Morgan fingerprint density at radius 2 is 1.62 bits per heavy atom. The van der Waals surface area contributed by atoms with E-state index in [0.29, 0.717) is 30.3 Å². The molecule has 2 heterocycles. The van der Waals surface area contributed by atoms with E-state index in [2.05, 4.69) is 4.90 Å². The number of allylic oxidation sites excluding steroid dienone is 1. The molecule has 6 nitrogen and oxygen atoms in total. The van der Waals surface area contributed by atoms with E-state index in [0.717, 1.165) is 39.6 Å². The molecular formula is C26H23NO5. The molecule has 162 valence electrons. The van der Waals surface area contributed by atoms with Gasteiger partial charge < -0.3 is 23.8 Å². The Morgan fingerprint density at radius 3 is 2.28 bits per heavy atom. The number of ketones is 1. The van der Waals surface area contributed by atoms with Crippen molar-refractivity contribution in [1.82, 2.24) is 0 Å². The van der Waals surface area contributed by atoms with Crippen LogP contribution >= 0.6 is 0 Å². The zero-order chi connectivity index (χ0) is 22.2. The van der Waals surface area contributed by atoms with Gasteiger partial charge in [0.25, 0.3) is 0 Å². The van der Waals surface area contributed by atoms with Crippen LogP contribution in [0.1, 0.15) is 27.0 Å². The van der Waals surface area contributed by atoms with E-state index in [1.807, 2.05) is 61.5 Å². The second-order valence-corrected chi connectivity index (χ2v) is 7.76. The van der Waals surface area contributed by atoms with Crippen molar-refractivity contribution in [2.45, 2.75) is 13.5 Å². The molecule has 0 fully saturated rings. The number of rotatable bonds is 4. The van der Waals surface area contributed by atoms with Crippen LogP contribution in [0.2, 0.25) is 0 Å². The summed E-state index contributed by atoms with van der Waals surface area (Å²) in [7, 11) is 3.27. The number of nitrogens with zero attached hydrogens (tertiary/aromatic N) is 1. The predicted octanol–water partition coefficient (Wildman–Crippen LogP) is 4.98. The monoisotopic (exact) mass is 429 g/mol. The number of carbonyl (C=O) groups excluding carboxylic acids is 1. The molecule has 2 aliphatic heterocycles. The molecule has 0 amide bonds. The number of benzene rings is 3. The second-order valence-electron chi connectivity index (χ2n) is 7.76. The Balaban J connectivity index is 1.48. The molecule has 0 saturated heterocycles. The molecule has 3 aromatic carbocycles. The summed E-state index contributed by atoms with van der Waals surface area (Å²) in [4.78, 5) is 15.3. The van der Waals surface area contributed by atoms with Crippen molar-refractivity contribution in [1.29, 1.82) is 0 Å². The zero-order valence-corrected chi connectivity index (χ0v) is 18.2. The number of aryl methyl sites for hydroxylation is 1. The maximum Gasteiger partial charge on any atom is 0.232 e.